The third-order valence-electron chi connectivity index (χ3n) is 2.03. The van der Waals surface area contributed by atoms with E-state index in [1.165, 1.54) is 0 Å². The fraction of sp³-hybridized carbons (Fsp3) is 0. The van der Waals surface area contributed by atoms with Gasteiger partial charge in [0.25, 0.3) is 0 Å². The first-order chi connectivity index (χ1) is 8.99. The van der Waals surface area contributed by atoms with Crippen molar-refractivity contribution in [2.75, 3.05) is 0 Å². The summed E-state index contributed by atoms with van der Waals surface area (Å²) in [7, 11) is 0. The summed E-state index contributed by atoms with van der Waals surface area (Å²) in [5.74, 6) is -2.84. The molecule has 1 aromatic carbocycles. The number of hydrogen-bond donors (Lipinski definition) is 0. The second kappa shape index (κ2) is 5.11. The molecular weight excluding hydrogens is 284 g/mol. The van der Waals surface area contributed by atoms with Gasteiger partial charge in [-0.1, -0.05) is 11.6 Å². The van der Waals surface area contributed by atoms with E-state index in [9.17, 15) is 18.9 Å². The van der Waals surface area contributed by atoms with Crippen LogP contribution in [0.1, 0.15) is 0 Å². The first-order valence-corrected chi connectivity index (χ1v) is 5.14. The van der Waals surface area contributed by atoms with Gasteiger partial charge in [-0.15, -0.1) is 0 Å². The molecule has 0 radical (unpaired) electrons. The van der Waals surface area contributed by atoms with E-state index >= 15 is 0 Å². The smallest absolute Gasteiger partial charge is 0.368 e. The van der Waals surface area contributed by atoms with Gasteiger partial charge >= 0.3 is 11.6 Å². The topological polar surface area (TPSA) is 78.2 Å². The van der Waals surface area contributed by atoms with E-state index in [2.05, 4.69) is 9.97 Å². The Morgan fingerprint density at radius 3 is 2.63 bits per heavy atom. The summed E-state index contributed by atoms with van der Waals surface area (Å²) in [6.07, 6.45) is 0.949. The third kappa shape index (κ3) is 2.74. The van der Waals surface area contributed by atoms with Gasteiger partial charge in [-0.25, -0.2) is 13.8 Å². The maximum atomic E-state index is 13.0. The molecule has 0 spiro atoms. The number of halogens is 3. The average molecular weight is 288 g/mol. The van der Waals surface area contributed by atoms with E-state index in [0.29, 0.717) is 0 Å². The van der Waals surface area contributed by atoms with Crippen LogP contribution >= 0.6 is 11.6 Å². The van der Waals surface area contributed by atoms with Crippen LogP contribution in [0.2, 0.25) is 5.15 Å². The third-order valence-corrected chi connectivity index (χ3v) is 2.31. The zero-order chi connectivity index (χ0) is 14.0. The molecule has 6 nitrogen and oxygen atoms in total. The molecule has 0 saturated heterocycles. The van der Waals surface area contributed by atoms with E-state index in [0.717, 1.165) is 24.5 Å². The molecule has 0 aliphatic rings. The van der Waals surface area contributed by atoms with Gasteiger partial charge in [0.05, 0.1) is 4.92 Å². The minimum absolute atomic E-state index is 0.156. The molecule has 0 fully saturated rings. The molecule has 1 heterocycles. The summed E-state index contributed by atoms with van der Waals surface area (Å²) < 4.78 is 30.7. The van der Waals surface area contributed by atoms with Crippen LogP contribution in [0.5, 0.6) is 11.6 Å². The van der Waals surface area contributed by atoms with Gasteiger partial charge < -0.3 is 4.74 Å². The lowest BCUT2D eigenvalue weighted by molar-refractivity contribution is -0.386. The zero-order valence-corrected chi connectivity index (χ0v) is 9.77. The minimum Gasteiger partial charge on any atom is -0.433 e. The predicted molar refractivity (Wildman–Crippen MR) is 60.1 cm³/mol. The van der Waals surface area contributed by atoms with Crippen LogP contribution in [0.3, 0.4) is 0 Å². The zero-order valence-electron chi connectivity index (χ0n) is 9.01. The number of hydrogen-bond acceptors (Lipinski definition) is 5. The first kappa shape index (κ1) is 13.1. The molecule has 0 saturated carbocycles. The van der Waals surface area contributed by atoms with Crippen molar-refractivity contribution < 1.29 is 18.4 Å². The van der Waals surface area contributed by atoms with Crippen LogP contribution in [0.4, 0.5) is 14.5 Å². The van der Waals surface area contributed by atoms with Crippen molar-refractivity contribution >= 4 is 17.3 Å². The molecule has 0 bridgehead atoms. The fourth-order valence-electron chi connectivity index (χ4n) is 1.22. The normalized spacial score (nSPS) is 10.3. The lowest BCUT2D eigenvalue weighted by Crippen LogP contribution is -1.98. The molecule has 0 N–H and O–H groups in total. The number of ether oxygens (including phenoxy) is 1. The van der Waals surface area contributed by atoms with Crippen molar-refractivity contribution in [1.29, 1.82) is 0 Å². The largest absolute Gasteiger partial charge is 0.433 e. The Labute approximate surface area is 109 Å². The molecule has 0 unspecified atom stereocenters. The van der Waals surface area contributed by atoms with Crippen molar-refractivity contribution in [2.24, 2.45) is 0 Å². The highest BCUT2D eigenvalue weighted by Gasteiger charge is 2.23. The summed E-state index contributed by atoms with van der Waals surface area (Å²) in [6, 6.07) is 2.65. The van der Waals surface area contributed by atoms with Crippen LogP contribution < -0.4 is 4.74 Å². The second-order valence-corrected chi connectivity index (χ2v) is 3.61. The first-order valence-electron chi connectivity index (χ1n) is 4.77. The van der Waals surface area contributed by atoms with Gasteiger partial charge in [-0.2, -0.15) is 4.98 Å². The van der Waals surface area contributed by atoms with Crippen LogP contribution in [0.25, 0.3) is 0 Å². The lowest BCUT2D eigenvalue weighted by Gasteiger charge is -2.05. The second-order valence-electron chi connectivity index (χ2n) is 3.25. The molecule has 0 amide bonds. The van der Waals surface area contributed by atoms with E-state index < -0.39 is 33.3 Å². The molecular formula is C10H4ClF2N3O3. The van der Waals surface area contributed by atoms with Crippen molar-refractivity contribution in [1.82, 2.24) is 9.97 Å². The van der Waals surface area contributed by atoms with E-state index in [-0.39, 0.29) is 5.75 Å². The maximum absolute atomic E-state index is 13.0. The molecule has 2 aromatic rings. The van der Waals surface area contributed by atoms with Gasteiger partial charge in [0, 0.05) is 6.07 Å². The van der Waals surface area contributed by atoms with Crippen molar-refractivity contribution in [2.45, 2.75) is 0 Å². The Hall–Kier alpha value is -2.35. The Morgan fingerprint density at radius 2 is 2.00 bits per heavy atom. The Morgan fingerprint density at radius 1 is 1.26 bits per heavy atom. The van der Waals surface area contributed by atoms with Gasteiger partial charge in [0.15, 0.2) is 11.6 Å². The highest BCUT2D eigenvalue weighted by Crippen LogP contribution is 2.33. The highest BCUT2D eigenvalue weighted by molar-refractivity contribution is 6.31. The molecule has 1 aromatic heterocycles. The number of aromatic nitrogens is 2. The van der Waals surface area contributed by atoms with E-state index in [1.807, 2.05) is 0 Å². The van der Waals surface area contributed by atoms with Gasteiger partial charge in [0.2, 0.25) is 5.15 Å². The SMILES string of the molecule is O=[N+]([O-])c1c(Cl)ncnc1Oc1ccc(F)c(F)c1. The molecule has 2 rings (SSSR count). The van der Waals surface area contributed by atoms with Crippen LogP contribution in [0, 0.1) is 21.7 Å². The van der Waals surface area contributed by atoms with Crippen LogP contribution in [0.15, 0.2) is 24.5 Å². The highest BCUT2D eigenvalue weighted by atomic mass is 35.5. The predicted octanol–water partition coefficient (Wildman–Crippen LogP) is 3.11. The van der Waals surface area contributed by atoms with Gasteiger partial charge in [-0.3, -0.25) is 10.1 Å². The summed E-state index contributed by atoms with van der Waals surface area (Å²) in [5.41, 5.74) is -0.658. The van der Waals surface area contributed by atoms with E-state index in [4.69, 9.17) is 16.3 Å². The summed E-state index contributed by atoms with van der Waals surface area (Å²) >= 11 is 5.54. The number of nitro groups is 1. The van der Waals surface area contributed by atoms with Gasteiger partial charge in [0.1, 0.15) is 12.1 Å². The number of nitrogens with zero attached hydrogens (tertiary/aromatic N) is 3. The van der Waals surface area contributed by atoms with E-state index in [1.54, 1.807) is 0 Å². The summed E-state index contributed by atoms with van der Waals surface area (Å²) in [6.45, 7) is 0. The van der Waals surface area contributed by atoms with Crippen LogP contribution in [-0.2, 0) is 0 Å². The molecule has 0 atom stereocenters. The molecule has 9 heteroatoms. The standard InChI is InChI=1S/C10H4ClF2N3O3/c11-9-8(16(17)18)10(15-4-14-9)19-5-1-2-6(12)7(13)3-5/h1-4H. The molecule has 98 valence electrons. The fourth-order valence-corrected chi connectivity index (χ4v) is 1.42. The Bertz CT molecular complexity index is 654. The molecule has 0 aliphatic heterocycles. The van der Waals surface area contributed by atoms with Crippen molar-refractivity contribution in [3.8, 4) is 11.6 Å². The monoisotopic (exact) mass is 287 g/mol. The Kier molecular flexibility index (Phi) is 3.52. The number of rotatable bonds is 3. The van der Waals surface area contributed by atoms with Crippen molar-refractivity contribution in [3.63, 3.8) is 0 Å². The molecule has 0 aliphatic carbocycles. The maximum Gasteiger partial charge on any atom is 0.368 e. The average Bonchev–Trinajstić information content (AvgIpc) is 2.33. The quantitative estimate of drug-likeness (QED) is 0.492. The van der Waals surface area contributed by atoms with Crippen molar-refractivity contribution in [3.05, 3.63) is 51.4 Å². The molecule has 19 heavy (non-hydrogen) atoms. The Balaban J connectivity index is 2.40. The lowest BCUT2D eigenvalue weighted by atomic mass is 10.3. The minimum atomic E-state index is -1.15. The summed E-state index contributed by atoms with van der Waals surface area (Å²) in [4.78, 5) is 16.9. The summed E-state index contributed by atoms with van der Waals surface area (Å²) in [5, 5.41) is 10.4. The van der Waals surface area contributed by atoms with Crippen LogP contribution in [-0.4, -0.2) is 14.9 Å². The number of benzene rings is 1. The van der Waals surface area contributed by atoms with Gasteiger partial charge in [-0.05, 0) is 12.1 Å².